The van der Waals surface area contributed by atoms with Gasteiger partial charge >= 0.3 is 12.0 Å². The molecule has 3 N–H and O–H groups in total. The van der Waals surface area contributed by atoms with Crippen LogP contribution in [0.5, 0.6) is 0 Å². The van der Waals surface area contributed by atoms with Crippen molar-refractivity contribution in [2.24, 2.45) is 0 Å². The summed E-state index contributed by atoms with van der Waals surface area (Å²) >= 11 is 1.42. The van der Waals surface area contributed by atoms with Crippen LogP contribution in [0.2, 0.25) is 0 Å². The first kappa shape index (κ1) is 15.4. The maximum absolute atomic E-state index is 11.7. The van der Waals surface area contributed by atoms with Gasteiger partial charge in [0.1, 0.15) is 11.0 Å². The number of carbonyl (C=O) groups excluding carboxylic acids is 1. The topological polar surface area (TPSA) is 101 Å². The van der Waals surface area contributed by atoms with E-state index in [0.717, 1.165) is 5.01 Å². The smallest absolute Gasteiger partial charge is 0.326 e. The number of methoxy groups -OCH3 is 1. The van der Waals surface area contributed by atoms with E-state index < -0.39 is 18.0 Å². The number of carboxylic acid groups (broad SMARTS) is 1. The lowest BCUT2D eigenvalue weighted by molar-refractivity contribution is -0.139. The summed E-state index contributed by atoms with van der Waals surface area (Å²) in [4.78, 5) is 26.7. The number of amides is 2. The molecule has 0 bridgehead atoms. The Labute approximate surface area is 115 Å². The first-order chi connectivity index (χ1) is 9.04. The SMILES string of the molecule is COCCC(NC(=O)NC(C)c1nccs1)C(=O)O. The molecule has 2 unspecified atom stereocenters. The van der Waals surface area contributed by atoms with Gasteiger partial charge in [0.2, 0.25) is 0 Å². The number of aromatic nitrogens is 1. The number of hydrogen-bond acceptors (Lipinski definition) is 5. The summed E-state index contributed by atoms with van der Waals surface area (Å²) in [7, 11) is 1.48. The Bertz CT molecular complexity index is 410. The third-order valence-electron chi connectivity index (χ3n) is 2.38. The molecule has 1 rings (SSSR count). The van der Waals surface area contributed by atoms with Crippen molar-refractivity contribution >= 4 is 23.3 Å². The number of carbonyl (C=O) groups is 2. The fourth-order valence-electron chi connectivity index (χ4n) is 1.40. The van der Waals surface area contributed by atoms with Crippen LogP contribution in [-0.4, -0.2) is 41.8 Å². The van der Waals surface area contributed by atoms with E-state index in [4.69, 9.17) is 9.84 Å². The number of urea groups is 1. The summed E-state index contributed by atoms with van der Waals surface area (Å²) in [6.07, 6.45) is 1.86. The number of thiazole rings is 1. The molecule has 0 radical (unpaired) electrons. The highest BCUT2D eigenvalue weighted by atomic mass is 32.1. The summed E-state index contributed by atoms with van der Waals surface area (Å²) in [6.45, 7) is 2.04. The lowest BCUT2D eigenvalue weighted by atomic mass is 10.2. The molecule has 0 fully saturated rings. The molecule has 0 saturated heterocycles. The number of rotatable bonds is 7. The molecule has 0 aliphatic carbocycles. The Balaban J connectivity index is 2.46. The van der Waals surface area contributed by atoms with Gasteiger partial charge in [-0.15, -0.1) is 11.3 Å². The van der Waals surface area contributed by atoms with Crippen LogP contribution in [0, 0.1) is 0 Å². The maximum atomic E-state index is 11.7. The predicted octanol–water partition coefficient (Wildman–Crippen LogP) is 0.993. The molecule has 0 spiro atoms. The Hall–Kier alpha value is -1.67. The van der Waals surface area contributed by atoms with Crippen molar-refractivity contribution < 1.29 is 19.4 Å². The number of nitrogens with one attached hydrogen (secondary N) is 2. The average molecular weight is 287 g/mol. The van der Waals surface area contributed by atoms with E-state index >= 15 is 0 Å². The van der Waals surface area contributed by atoms with Crippen LogP contribution in [0.15, 0.2) is 11.6 Å². The normalized spacial score (nSPS) is 13.6. The Morgan fingerprint density at radius 1 is 1.53 bits per heavy atom. The van der Waals surface area contributed by atoms with E-state index in [2.05, 4.69) is 15.6 Å². The molecule has 2 atom stereocenters. The largest absolute Gasteiger partial charge is 0.480 e. The Morgan fingerprint density at radius 3 is 2.79 bits per heavy atom. The first-order valence-corrected chi connectivity index (χ1v) is 6.60. The molecule has 7 nitrogen and oxygen atoms in total. The molecule has 0 aliphatic heterocycles. The van der Waals surface area contributed by atoms with E-state index in [0.29, 0.717) is 0 Å². The molecular weight excluding hydrogens is 270 g/mol. The van der Waals surface area contributed by atoms with E-state index in [1.807, 2.05) is 5.38 Å². The van der Waals surface area contributed by atoms with Gasteiger partial charge in [-0.25, -0.2) is 14.6 Å². The molecule has 1 aromatic heterocycles. The van der Waals surface area contributed by atoms with Crippen molar-refractivity contribution in [2.45, 2.75) is 25.4 Å². The zero-order valence-corrected chi connectivity index (χ0v) is 11.6. The van der Waals surface area contributed by atoms with E-state index in [1.54, 1.807) is 13.1 Å². The molecule has 2 amide bonds. The summed E-state index contributed by atoms with van der Waals surface area (Å²) < 4.78 is 4.80. The summed E-state index contributed by atoms with van der Waals surface area (Å²) in [5.74, 6) is -1.09. The lowest BCUT2D eigenvalue weighted by Crippen LogP contribution is -2.47. The third-order valence-corrected chi connectivity index (χ3v) is 3.34. The molecule has 0 aromatic carbocycles. The number of carboxylic acids is 1. The van der Waals surface area contributed by atoms with Gasteiger partial charge < -0.3 is 20.5 Å². The fraction of sp³-hybridized carbons (Fsp3) is 0.545. The zero-order valence-electron chi connectivity index (χ0n) is 10.8. The minimum absolute atomic E-state index is 0.213. The van der Waals surface area contributed by atoms with Crippen LogP contribution in [0.1, 0.15) is 24.4 Å². The molecule has 0 aliphatic rings. The van der Waals surface area contributed by atoms with Crippen molar-refractivity contribution in [1.29, 1.82) is 0 Å². The van der Waals surface area contributed by atoms with Crippen molar-refractivity contribution in [2.75, 3.05) is 13.7 Å². The van der Waals surface area contributed by atoms with Gasteiger partial charge in [0.25, 0.3) is 0 Å². The van der Waals surface area contributed by atoms with Crippen LogP contribution in [-0.2, 0) is 9.53 Å². The molecule has 19 heavy (non-hydrogen) atoms. The van der Waals surface area contributed by atoms with Gasteiger partial charge in [0.05, 0.1) is 6.04 Å². The second-order valence-corrected chi connectivity index (χ2v) is 4.81. The molecule has 8 heteroatoms. The Kier molecular flexibility index (Phi) is 6.23. The van der Waals surface area contributed by atoms with Gasteiger partial charge in [-0.3, -0.25) is 0 Å². The quantitative estimate of drug-likeness (QED) is 0.694. The van der Waals surface area contributed by atoms with Gasteiger partial charge in [0, 0.05) is 31.7 Å². The van der Waals surface area contributed by atoms with Crippen LogP contribution in [0.4, 0.5) is 4.79 Å². The molecule has 1 heterocycles. The van der Waals surface area contributed by atoms with Crippen molar-refractivity contribution in [3.05, 3.63) is 16.6 Å². The Morgan fingerprint density at radius 2 is 2.26 bits per heavy atom. The molecule has 0 saturated carbocycles. The van der Waals surface area contributed by atoms with Crippen molar-refractivity contribution in [3.8, 4) is 0 Å². The minimum Gasteiger partial charge on any atom is -0.480 e. The second-order valence-electron chi connectivity index (χ2n) is 3.88. The highest BCUT2D eigenvalue weighted by Crippen LogP contribution is 2.14. The highest BCUT2D eigenvalue weighted by Gasteiger charge is 2.20. The lowest BCUT2D eigenvalue weighted by Gasteiger charge is -2.17. The van der Waals surface area contributed by atoms with Crippen molar-refractivity contribution in [3.63, 3.8) is 0 Å². The van der Waals surface area contributed by atoms with Gasteiger partial charge in [-0.1, -0.05) is 0 Å². The van der Waals surface area contributed by atoms with Crippen molar-refractivity contribution in [1.82, 2.24) is 15.6 Å². The number of ether oxygens (including phenoxy) is 1. The average Bonchev–Trinajstić information content (AvgIpc) is 2.87. The fourth-order valence-corrected chi connectivity index (χ4v) is 2.05. The summed E-state index contributed by atoms with van der Waals surface area (Å²) in [5, 5.41) is 16.6. The van der Waals surface area contributed by atoms with Crippen LogP contribution < -0.4 is 10.6 Å². The van der Waals surface area contributed by atoms with Gasteiger partial charge in [0.15, 0.2) is 0 Å². The van der Waals surface area contributed by atoms with Crippen LogP contribution in [0.3, 0.4) is 0 Å². The monoisotopic (exact) mass is 287 g/mol. The first-order valence-electron chi connectivity index (χ1n) is 5.72. The van der Waals surface area contributed by atoms with Crippen LogP contribution >= 0.6 is 11.3 Å². The van der Waals surface area contributed by atoms with Crippen LogP contribution in [0.25, 0.3) is 0 Å². The highest BCUT2D eigenvalue weighted by molar-refractivity contribution is 7.09. The maximum Gasteiger partial charge on any atom is 0.326 e. The molecular formula is C11H17N3O4S. The van der Waals surface area contributed by atoms with E-state index in [-0.39, 0.29) is 19.1 Å². The van der Waals surface area contributed by atoms with Gasteiger partial charge in [-0.05, 0) is 6.92 Å². The standard InChI is InChI=1S/C11H17N3O4S/c1-7(9-12-4-6-19-9)13-11(17)14-8(10(15)16)3-5-18-2/h4,6-8H,3,5H2,1-2H3,(H,15,16)(H2,13,14,17). The second kappa shape index (κ2) is 7.70. The third kappa shape index (κ3) is 5.23. The van der Waals surface area contributed by atoms with E-state index in [1.165, 1.54) is 18.4 Å². The molecule has 106 valence electrons. The summed E-state index contributed by atoms with van der Waals surface area (Å²) in [6, 6.07) is -1.77. The predicted molar refractivity (Wildman–Crippen MR) is 70.1 cm³/mol. The number of hydrogen-bond donors (Lipinski definition) is 3. The zero-order chi connectivity index (χ0) is 14.3. The minimum atomic E-state index is -1.09. The molecule has 1 aromatic rings. The number of nitrogens with zero attached hydrogens (tertiary/aromatic N) is 1. The number of aliphatic carboxylic acids is 1. The van der Waals surface area contributed by atoms with Gasteiger partial charge in [-0.2, -0.15) is 0 Å². The summed E-state index contributed by atoms with van der Waals surface area (Å²) in [5.41, 5.74) is 0. The van der Waals surface area contributed by atoms with E-state index in [9.17, 15) is 9.59 Å².